The highest BCUT2D eigenvalue weighted by Crippen LogP contribution is 2.26. The SMILES string of the molecule is COCn1ccc(C(=O)NC[C@]2(CO)COC[C@@H](C)N2Cc2ccccc2)n1. The van der Waals surface area contributed by atoms with Crippen molar-refractivity contribution in [2.24, 2.45) is 0 Å². The molecule has 8 nitrogen and oxygen atoms in total. The Morgan fingerprint density at radius 3 is 2.89 bits per heavy atom. The predicted molar refractivity (Wildman–Crippen MR) is 104 cm³/mol. The van der Waals surface area contributed by atoms with E-state index in [1.54, 1.807) is 24.1 Å². The fraction of sp³-hybridized carbons (Fsp3) is 0.500. The van der Waals surface area contributed by atoms with Gasteiger partial charge < -0.3 is 19.9 Å². The molecule has 0 bridgehead atoms. The van der Waals surface area contributed by atoms with Gasteiger partial charge >= 0.3 is 0 Å². The molecule has 8 heteroatoms. The average Bonchev–Trinajstić information content (AvgIpc) is 3.18. The zero-order valence-electron chi connectivity index (χ0n) is 16.4. The number of morpholine rings is 1. The summed E-state index contributed by atoms with van der Waals surface area (Å²) in [5, 5.41) is 17.4. The van der Waals surface area contributed by atoms with Crippen LogP contribution in [0.15, 0.2) is 42.6 Å². The largest absolute Gasteiger partial charge is 0.394 e. The third-order valence-corrected chi connectivity index (χ3v) is 5.07. The minimum Gasteiger partial charge on any atom is -0.394 e. The van der Waals surface area contributed by atoms with Crippen LogP contribution in [0.3, 0.4) is 0 Å². The standard InChI is InChI=1S/C20H28N4O4/c1-16-11-28-14-20(13-25,24(16)10-17-6-4-3-5-7-17)12-21-19(26)18-8-9-23(22-18)15-27-2/h3-9,16,25H,10-15H2,1-2H3,(H,21,26)/t16-,20+/m1/s1. The molecule has 28 heavy (non-hydrogen) atoms. The Balaban J connectivity index is 1.72. The topological polar surface area (TPSA) is 88.8 Å². The lowest BCUT2D eigenvalue weighted by Crippen LogP contribution is -2.66. The van der Waals surface area contributed by atoms with Crippen molar-refractivity contribution in [3.05, 3.63) is 53.9 Å². The molecule has 2 atom stereocenters. The molecule has 0 spiro atoms. The van der Waals surface area contributed by atoms with Gasteiger partial charge in [-0.15, -0.1) is 0 Å². The Kier molecular flexibility index (Phi) is 6.79. The van der Waals surface area contributed by atoms with Crippen molar-refractivity contribution in [1.82, 2.24) is 20.0 Å². The van der Waals surface area contributed by atoms with E-state index in [9.17, 15) is 9.90 Å². The van der Waals surface area contributed by atoms with Crippen LogP contribution in [-0.4, -0.2) is 70.8 Å². The number of hydrogen-bond acceptors (Lipinski definition) is 6. The van der Waals surface area contributed by atoms with E-state index in [-0.39, 0.29) is 31.8 Å². The van der Waals surface area contributed by atoms with Gasteiger partial charge in [0.2, 0.25) is 0 Å². The molecule has 2 aromatic rings. The smallest absolute Gasteiger partial charge is 0.271 e. The number of rotatable bonds is 8. The van der Waals surface area contributed by atoms with Crippen molar-refractivity contribution >= 4 is 5.91 Å². The van der Waals surface area contributed by atoms with E-state index in [1.165, 1.54) is 0 Å². The van der Waals surface area contributed by atoms with Gasteiger partial charge in [0.25, 0.3) is 5.91 Å². The first kappa shape index (κ1) is 20.5. The highest BCUT2D eigenvalue weighted by molar-refractivity contribution is 5.92. The number of aliphatic hydroxyl groups is 1. The van der Waals surface area contributed by atoms with Crippen LogP contribution < -0.4 is 5.32 Å². The van der Waals surface area contributed by atoms with Crippen LogP contribution in [0, 0.1) is 0 Å². The molecule has 0 radical (unpaired) electrons. The number of nitrogens with zero attached hydrogens (tertiary/aromatic N) is 3. The van der Waals surface area contributed by atoms with Gasteiger partial charge in [0, 0.05) is 32.4 Å². The van der Waals surface area contributed by atoms with Crippen molar-refractivity contribution in [2.75, 3.05) is 33.5 Å². The van der Waals surface area contributed by atoms with Crippen LogP contribution in [0.2, 0.25) is 0 Å². The summed E-state index contributed by atoms with van der Waals surface area (Å²) in [5.74, 6) is -0.291. The molecule has 1 amide bonds. The molecule has 2 heterocycles. The Hall–Kier alpha value is -2.26. The summed E-state index contributed by atoms with van der Waals surface area (Å²) in [4.78, 5) is 14.8. The van der Waals surface area contributed by atoms with E-state index in [0.717, 1.165) is 5.56 Å². The summed E-state index contributed by atoms with van der Waals surface area (Å²) in [6.45, 7) is 4.09. The Labute approximate surface area is 165 Å². The number of carbonyl (C=O) groups excluding carboxylic acids is 1. The van der Waals surface area contributed by atoms with Gasteiger partial charge in [0.15, 0.2) is 0 Å². The van der Waals surface area contributed by atoms with Crippen LogP contribution in [0.25, 0.3) is 0 Å². The molecule has 3 rings (SSSR count). The molecular weight excluding hydrogens is 360 g/mol. The fourth-order valence-corrected chi connectivity index (χ4v) is 3.53. The minimum absolute atomic E-state index is 0.110. The number of carbonyl (C=O) groups is 1. The number of amides is 1. The van der Waals surface area contributed by atoms with Gasteiger partial charge in [-0.05, 0) is 18.6 Å². The third-order valence-electron chi connectivity index (χ3n) is 5.07. The zero-order chi connectivity index (χ0) is 20.0. The summed E-state index contributed by atoms with van der Waals surface area (Å²) in [7, 11) is 1.57. The van der Waals surface area contributed by atoms with Crippen LogP contribution in [-0.2, 0) is 22.7 Å². The minimum atomic E-state index is -0.696. The third kappa shape index (κ3) is 4.59. The molecule has 2 N–H and O–H groups in total. The van der Waals surface area contributed by atoms with Crippen LogP contribution >= 0.6 is 0 Å². The number of aromatic nitrogens is 2. The first-order chi connectivity index (χ1) is 13.6. The predicted octanol–water partition coefficient (Wildman–Crippen LogP) is 0.869. The summed E-state index contributed by atoms with van der Waals surface area (Å²) in [6.07, 6.45) is 1.69. The van der Waals surface area contributed by atoms with Gasteiger partial charge in [0.1, 0.15) is 12.4 Å². The van der Waals surface area contributed by atoms with Gasteiger partial charge in [-0.3, -0.25) is 9.69 Å². The van der Waals surface area contributed by atoms with E-state index in [0.29, 0.717) is 25.5 Å². The summed E-state index contributed by atoms with van der Waals surface area (Å²) in [5.41, 5.74) is 0.765. The maximum absolute atomic E-state index is 12.5. The van der Waals surface area contributed by atoms with E-state index in [2.05, 4.69) is 34.4 Å². The Morgan fingerprint density at radius 1 is 1.39 bits per heavy atom. The Morgan fingerprint density at radius 2 is 2.18 bits per heavy atom. The molecular formula is C20H28N4O4. The molecule has 1 fully saturated rings. The number of nitrogens with one attached hydrogen (secondary N) is 1. The van der Waals surface area contributed by atoms with E-state index >= 15 is 0 Å². The van der Waals surface area contributed by atoms with E-state index < -0.39 is 5.54 Å². The van der Waals surface area contributed by atoms with Gasteiger partial charge in [-0.2, -0.15) is 5.10 Å². The average molecular weight is 388 g/mol. The molecule has 1 aromatic carbocycles. The lowest BCUT2D eigenvalue weighted by molar-refractivity contribution is -0.121. The van der Waals surface area contributed by atoms with Crippen LogP contribution in [0.5, 0.6) is 0 Å². The fourth-order valence-electron chi connectivity index (χ4n) is 3.53. The number of aliphatic hydroxyl groups excluding tert-OH is 1. The molecule has 0 aliphatic carbocycles. The Bertz CT molecular complexity index is 767. The molecule has 0 saturated carbocycles. The number of hydrogen-bond donors (Lipinski definition) is 2. The normalized spacial score (nSPS) is 22.9. The lowest BCUT2D eigenvalue weighted by atomic mass is 9.94. The molecule has 0 unspecified atom stereocenters. The van der Waals surface area contributed by atoms with E-state index in [4.69, 9.17) is 9.47 Å². The zero-order valence-corrected chi connectivity index (χ0v) is 16.4. The molecule has 1 aliphatic heterocycles. The number of ether oxygens (including phenoxy) is 2. The highest BCUT2D eigenvalue weighted by Gasteiger charge is 2.43. The summed E-state index contributed by atoms with van der Waals surface area (Å²) in [6, 6.07) is 11.9. The quantitative estimate of drug-likeness (QED) is 0.698. The van der Waals surface area contributed by atoms with Gasteiger partial charge in [-0.25, -0.2) is 4.68 Å². The van der Waals surface area contributed by atoms with E-state index in [1.807, 2.05) is 18.2 Å². The molecule has 1 saturated heterocycles. The van der Waals surface area contributed by atoms with Crippen LogP contribution in [0.4, 0.5) is 0 Å². The maximum Gasteiger partial charge on any atom is 0.271 e. The number of methoxy groups -OCH3 is 1. The highest BCUT2D eigenvalue weighted by atomic mass is 16.5. The second-order valence-electron chi connectivity index (χ2n) is 7.20. The maximum atomic E-state index is 12.5. The number of benzene rings is 1. The van der Waals surface area contributed by atoms with Crippen molar-refractivity contribution in [2.45, 2.75) is 31.8 Å². The first-order valence-corrected chi connectivity index (χ1v) is 9.38. The lowest BCUT2D eigenvalue weighted by Gasteiger charge is -2.49. The molecule has 152 valence electrons. The molecule has 1 aliphatic rings. The van der Waals surface area contributed by atoms with Crippen LogP contribution in [0.1, 0.15) is 23.0 Å². The summed E-state index contributed by atoms with van der Waals surface area (Å²) < 4.78 is 12.3. The van der Waals surface area contributed by atoms with Gasteiger partial charge in [0.05, 0.1) is 25.4 Å². The van der Waals surface area contributed by atoms with Crippen molar-refractivity contribution in [3.63, 3.8) is 0 Å². The monoisotopic (exact) mass is 388 g/mol. The summed E-state index contributed by atoms with van der Waals surface area (Å²) >= 11 is 0. The molecule has 1 aromatic heterocycles. The second-order valence-corrected chi connectivity index (χ2v) is 7.20. The van der Waals surface area contributed by atoms with Gasteiger partial charge in [-0.1, -0.05) is 30.3 Å². The van der Waals surface area contributed by atoms with Crippen molar-refractivity contribution in [1.29, 1.82) is 0 Å². The van der Waals surface area contributed by atoms with Crippen molar-refractivity contribution in [3.8, 4) is 0 Å². The first-order valence-electron chi connectivity index (χ1n) is 9.38. The van der Waals surface area contributed by atoms with Crippen molar-refractivity contribution < 1.29 is 19.4 Å². The second kappa shape index (κ2) is 9.29.